The second kappa shape index (κ2) is 6.80. The van der Waals surface area contributed by atoms with Crippen LogP contribution in [-0.2, 0) is 4.79 Å². The van der Waals surface area contributed by atoms with E-state index in [-0.39, 0.29) is 5.91 Å². The summed E-state index contributed by atoms with van der Waals surface area (Å²) >= 11 is 5.48. The SMILES string of the molecule is Cc1cc(Br)cc(C)c1NC(=O)CC1CCSCC1. The van der Waals surface area contributed by atoms with Crippen LogP contribution in [0.4, 0.5) is 5.69 Å². The van der Waals surface area contributed by atoms with Crippen molar-refractivity contribution in [2.45, 2.75) is 33.1 Å². The number of rotatable bonds is 3. The molecule has 1 aromatic carbocycles. The summed E-state index contributed by atoms with van der Waals surface area (Å²) in [6.07, 6.45) is 3.02. The zero-order chi connectivity index (χ0) is 13.8. The lowest BCUT2D eigenvalue weighted by Gasteiger charge is -2.21. The molecule has 0 unspecified atom stereocenters. The molecule has 1 N–H and O–H groups in total. The van der Waals surface area contributed by atoms with Gasteiger partial charge in [0.15, 0.2) is 0 Å². The number of hydrogen-bond donors (Lipinski definition) is 1. The Hall–Kier alpha value is -0.480. The van der Waals surface area contributed by atoms with Gasteiger partial charge in [-0.25, -0.2) is 0 Å². The van der Waals surface area contributed by atoms with Crippen LogP contribution in [0.15, 0.2) is 16.6 Å². The summed E-state index contributed by atoms with van der Waals surface area (Å²) < 4.78 is 1.06. The first-order valence-electron chi connectivity index (χ1n) is 6.70. The van der Waals surface area contributed by atoms with Gasteiger partial charge in [0, 0.05) is 16.6 Å². The Bertz CT molecular complexity index is 446. The van der Waals surface area contributed by atoms with E-state index in [1.54, 1.807) is 0 Å². The summed E-state index contributed by atoms with van der Waals surface area (Å²) in [5.41, 5.74) is 3.19. The van der Waals surface area contributed by atoms with E-state index in [2.05, 4.69) is 21.2 Å². The fourth-order valence-corrected chi connectivity index (χ4v) is 4.40. The number of hydrogen-bond acceptors (Lipinski definition) is 2. The molecule has 0 saturated carbocycles. The van der Waals surface area contributed by atoms with Crippen LogP contribution >= 0.6 is 27.7 Å². The predicted molar refractivity (Wildman–Crippen MR) is 86.9 cm³/mol. The smallest absolute Gasteiger partial charge is 0.224 e. The molecule has 0 aliphatic carbocycles. The van der Waals surface area contributed by atoms with Crippen molar-refractivity contribution < 1.29 is 4.79 Å². The second-order valence-corrected chi connectivity index (χ2v) is 7.36. The Morgan fingerprint density at radius 1 is 1.32 bits per heavy atom. The van der Waals surface area contributed by atoms with Gasteiger partial charge < -0.3 is 5.32 Å². The molecule has 1 aromatic rings. The Kier molecular flexibility index (Phi) is 5.34. The maximum atomic E-state index is 12.1. The zero-order valence-electron chi connectivity index (χ0n) is 11.5. The van der Waals surface area contributed by atoms with E-state index >= 15 is 0 Å². The van der Waals surface area contributed by atoms with Gasteiger partial charge in [0.05, 0.1) is 0 Å². The van der Waals surface area contributed by atoms with E-state index in [9.17, 15) is 4.79 Å². The Morgan fingerprint density at radius 2 is 1.89 bits per heavy atom. The van der Waals surface area contributed by atoms with Gasteiger partial charge >= 0.3 is 0 Å². The molecule has 1 saturated heterocycles. The number of amides is 1. The van der Waals surface area contributed by atoms with Gasteiger partial charge in [-0.15, -0.1) is 0 Å². The van der Waals surface area contributed by atoms with E-state index in [0.717, 1.165) is 21.3 Å². The molecule has 19 heavy (non-hydrogen) atoms. The summed E-state index contributed by atoms with van der Waals surface area (Å²) in [5, 5.41) is 3.09. The number of carbonyl (C=O) groups excluding carboxylic acids is 1. The average molecular weight is 342 g/mol. The minimum absolute atomic E-state index is 0.158. The summed E-state index contributed by atoms with van der Waals surface area (Å²) in [6.45, 7) is 4.06. The Morgan fingerprint density at radius 3 is 2.47 bits per heavy atom. The molecule has 104 valence electrons. The van der Waals surface area contributed by atoms with E-state index < -0.39 is 0 Å². The van der Waals surface area contributed by atoms with E-state index in [1.807, 2.05) is 37.7 Å². The van der Waals surface area contributed by atoms with Crippen molar-refractivity contribution in [3.05, 3.63) is 27.7 Å². The lowest BCUT2D eigenvalue weighted by molar-refractivity contribution is -0.117. The third kappa shape index (κ3) is 4.25. The van der Waals surface area contributed by atoms with Crippen LogP contribution in [0.3, 0.4) is 0 Å². The van der Waals surface area contributed by atoms with Crippen LogP contribution < -0.4 is 5.32 Å². The molecule has 4 heteroatoms. The first-order chi connectivity index (χ1) is 9.06. The number of thioether (sulfide) groups is 1. The van der Waals surface area contributed by atoms with Gasteiger partial charge in [-0.2, -0.15) is 11.8 Å². The minimum Gasteiger partial charge on any atom is -0.326 e. The highest BCUT2D eigenvalue weighted by Crippen LogP contribution is 2.28. The normalized spacial score (nSPS) is 16.4. The van der Waals surface area contributed by atoms with Crippen molar-refractivity contribution in [2.75, 3.05) is 16.8 Å². The van der Waals surface area contributed by atoms with Gasteiger partial charge in [-0.1, -0.05) is 15.9 Å². The maximum Gasteiger partial charge on any atom is 0.224 e. The number of halogens is 1. The van der Waals surface area contributed by atoms with Crippen LogP contribution in [0.5, 0.6) is 0 Å². The van der Waals surface area contributed by atoms with Gasteiger partial charge in [0.25, 0.3) is 0 Å². The van der Waals surface area contributed by atoms with E-state index in [0.29, 0.717) is 12.3 Å². The molecule has 2 rings (SSSR count). The fourth-order valence-electron chi connectivity index (χ4n) is 2.51. The number of nitrogens with one attached hydrogen (secondary N) is 1. The molecule has 1 heterocycles. The molecular weight excluding hydrogens is 322 g/mol. The molecule has 0 radical (unpaired) electrons. The molecule has 0 aromatic heterocycles. The maximum absolute atomic E-state index is 12.1. The molecule has 1 fully saturated rings. The van der Waals surface area contributed by atoms with Crippen molar-refractivity contribution in [3.8, 4) is 0 Å². The third-order valence-electron chi connectivity index (χ3n) is 3.58. The summed E-state index contributed by atoms with van der Waals surface area (Å²) in [6, 6.07) is 4.08. The van der Waals surface area contributed by atoms with Crippen LogP contribution in [-0.4, -0.2) is 17.4 Å². The van der Waals surface area contributed by atoms with Gasteiger partial charge in [0.1, 0.15) is 0 Å². The van der Waals surface area contributed by atoms with E-state index in [4.69, 9.17) is 0 Å². The van der Waals surface area contributed by atoms with Crippen molar-refractivity contribution in [1.29, 1.82) is 0 Å². The summed E-state index contributed by atoms with van der Waals surface area (Å²) in [4.78, 5) is 12.1. The zero-order valence-corrected chi connectivity index (χ0v) is 13.9. The molecular formula is C15H20BrNOS. The van der Waals surface area contributed by atoms with Crippen LogP contribution in [0.25, 0.3) is 0 Å². The summed E-state index contributed by atoms with van der Waals surface area (Å²) in [7, 11) is 0. The molecule has 0 spiro atoms. The topological polar surface area (TPSA) is 29.1 Å². The van der Waals surface area contributed by atoms with Crippen LogP contribution in [0.1, 0.15) is 30.4 Å². The number of carbonyl (C=O) groups is 1. The van der Waals surface area contributed by atoms with Gasteiger partial charge in [-0.3, -0.25) is 4.79 Å². The summed E-state index contributed by atoms with van der Waals surface area (Å²) in [5.74, 6) is 3.13. The number of aryl methyl sites for hydroxylation is 2. The average Bonchev–Trinajstić information content (AvgIpc) is 2.35. The molecule has 1 amide bonds. The standard InChI is InChI=1S/C15H20BrNOS/c1-10-7-13(16)8-11(2)15(10)17-14(18)9-12-3-5-19-6-4-12/h7-8,12H,3-6,9H2,1-2H3,(H,17,18). The van der Waals surface area contributed by atoms with Crippen molar-refractivity contribution in [3.63, 3.8) is 0 Å². The highest BCUT2D eigenvalue weighted by Gasteiger charge is 2.18. The number of anilines is 1. The van der Waals surface area contributed by atoms with Gasteiger partial charge in [-0.05, 0) is 67.4 Å². The van der Waals surface area contributed by atoms with Crippen molar-refractivity contribution >= 4 is 39.3 Å². The molecule has 1 aliphatic heterocycles. The first-order valence-corrected chi connectivity index (χ1v) is 8.65. The molecule has 1 aliphatic rings. The van der Waals surface area contributed by atoms with E-state index in [1.165, 1.54) is 24.3 Å². The molecule has 0 atom stereocenters. The molecule has 0 bridgehead atoms. The van der Waals surface area contributed by atoms with Crippen molar-refractivity contribution in [1.82, 2.24) is 0 Å². The quantitative estimate of drug-likeness (QED) is 0.874. The Labute approximate surface area is 127 Å². The van der Waals surface area contributed by atoms with Crippen LogP contribution in [0, 0.1) is 19.8 Å². The monoisotopic (exact) mass is 341 g/mol. The highest BCUT2D eigenvalue weighted by atomic mass is 79.9. The first kappa shape index (κ1) is 14.9. The fraction of sp³-hybridized carbons (Fsp3) is 0.533. The van der Waals surface area contributed by atoms with Gasteiger partial charge in [0.2, 0.25) is 5.91 Å². The van der Waals surface area contributed by atoms with Crippen molar-refractivity contribution in [2.24, 2.45) is 5.92 Å². The molecule has 2 nitrogen and oxygen atoms in total. The minimum atomic E-state index is 0.158. The lowest BCUT2D eigenvalue weighted by Crippen LogP contribution is -2.20. The largest absolute Gasteiger partial charge is 0.326 e. The predicted octanol–water partition coefficient (Wildman–Crippen LogP) is 4.54. The lowest BCUT2D eigenvalue weighted by atomic mass is 9.98. The highest BCUT2D eigenvalue weighted by molar-refractivity contribution is 9.10. The third-order valence-corrected chi connectivity index (χ3v) is 5.08. The number of benzene rings is 1. The second-order valence-electron chi connectivity index (χ2n) is 5.22. The Balaban J connectivity index is 1.98. The van der Waals surface area contributed by atoms with Crippen LogP contribution in [0.2, 0.25) is 0 Å².